The molecule has 0 fully saturated rings. The van der Waals surface area contributed by atoms with Crippen LogP contribution in [0.1, 0.15) is 17.5 Å². The van der Waals surface area contributed by atoms with E-state index in [2.05, 4.69) is 10.1 Å². The van der Waals surface area contributed by atoms with Gasteiger partial charge in [0.2, 0.25) is 5.13 Å². The number of methoxy groups -OCH3 is 1. The van der Waals surface area contributed by atoms with Gasteiger partial charge in [0, 0.05) is 6.42 Å². The molecule has 1 amide bonds. The molecule has 4 rings (SSSR count). The van der Waals surface area contributed by atoms with Crippen LogP contribution in [0.5, 0.6) is 5.75 Å². The molecule has 174 valence electrons. The molecule has 4 aromatic rings. The van der Waals surface area contributed by atoms with Gasteiger partial charge in [0.05, 0.1) is 34.2 Å². The van der Waals surface area contributed by atoms with Crippen LogP contribution in [0.15, 0.2) is 82.8 Å². The number of sulfone groups is 1. The first-order valence-electron chi connectivity index (χ1n) is 10.5. The van der Waals surface area contributed by atoms with E-state index in [1.54, 1.807) is 43.7 Å². The summed E-state index contributed by atoms with van der Waals surface area (Å²) in [6.45, 7) is 1.98. The van der Waals surface area contributed by atoms with E-state index in [0.717, 1.165) is 21.3 Å². The highest BCUT2D eigenvalue weighted by molar-refractivity contribution is 7.91. The molecule has 3 aromatic carbocycles. The highest BCUT2D eigenvalue weighted by atomic mass is 32.2. The number of aryl methyl sites for hydroxylation is 1. The fourth-order valence-electron chi connectivity index (χ4n) is 3.22. The van der Waals surface area contributed by atoms with Gasteiger partial charge in [0.1, 0.15) is 5.75 Å². The summed E-state index contributed by atoms with van der Waals surface area (Å²) in [6.07, 6.45) is 1.31. The van der Waals surface area contributed by atoms with Crippen LogP contribution in [0.2, 0.25) is 0 Å². The topological polar surface area (TPSA) is 88.9 Å². The second kappa shape index (κ2) is 10.1. The maximum Gasteiger partial charge on any atom is 0.250 e. The molecule has 0 atom stereocenters. The Hall–Kier alpha value is -3.56. The molecule has 0 radical (unpaired) electrons. The Morgan fingerprint density at radius 1 is 1.09 bits per heavy atom. The normalized spacial score (nSPS) is 11.7. The van der Waals surface area contributed by atoms with Crippen molar-refractivity contribution >= 4 is 48.6 Å². The Morgan fingerprint density at radius 2 is 1.82 bits per heavy atom. The van der Waals surface area contributed by atoms with Crippen LogP contribution in [0, 0.1) is 6.92 Å². The van der Waals surface area contributed by atoms with Crippen LogP contribution < -0.4 is 9.75 Å². The third-order valence-electron chi connectivity index (χ3n) is 5.08. The predicted molar refractivity (Wildman–Crippen MR) is 136 cm³/mol. The van der Waals surface area contributed by atoms with Gasteiger partial charge < -0.3 is 4.74 Å². The number of aromatic nitrogens is 1. The van der Waals surface area contributed by atoms with Gasteiger partial charge in [-0.3, -0.25) is 4.79 Å². The molecule has 9 heteroatoms. The third kappa shape index (κ3) is 5.49. The van der Waals surface area contributed by atoms with Crippen LogP contribution in [-0.2, 0) is 14.6 Å². The molecule has 1 aromatic heterocycles. The summed E-state index contributed by atoms with van der Waals surface area (Å²) >= 11 is 1.33. The smallest absolute Gasteiger partial charge is 0.250 e. The number of carbonyl (C=O) groups excluding carboxylic acids is 1. The minimum Gasteiger partial charge on any atom is -0.497 e. The van der Waals surface area contributed by atoms with Gasteiger partial charge in [-0.15, -0.1) is 0 Å². The van der Waals surface area contributed by atoms with Gasteiger partial charge in [0.15, 0.2) is 9.84 Å². The predicted octanol–water partition coefficient (Wildman–Crippen LogP) is 4.84. The number of hydrogen-bond acceptors (Lipinski definition) is 7. The van der Waals surface area contributed by atoms with E-state index in [9.17, 15) is 13.2 Å². The summed E-state index contributed by atoms with van der Waals surface area (Å²) in [7, 11) is -2.02. The quantitative estimate of drug-likeness (QED) is 0.259. The van der Waals surface area contributed by atoms with Crippen molar-refractivity contribution in [2.24, 2.45) is 5.10 Å². The molecule has 7 nitrogen and oxygen atoms in total. The van der Waals surface area contributed by atoms with E-state index in [1.165, 1.54) is 28.5 Å². The van der Waals surface area contributed by atoms with Crippen molar-refractivity contribution in [1.29, 1.82) is 0 Å². The first-order chi connectivity index (χ1) is 16.4. The molecule has 0 aliphatic carbocycles. The number of amides is 1. The zero-order chi connectivity index (χ0) is 24.1. The van der Waals surface area contributed by atoms with E-state index in [0.29, 0.717) is 10.9 Å². The lowest BCUT2D eigenvalue weighted by Crippen LogP contribution is -2.27. The van der Waals surface area contributed by atoms with Crippen molar-refractivity contribution in [3.05, 3.63) is 83.9 Å². The van der Waals surface area contributed by atoms with E-state index in [4.69, 9.17) is 4.74 Å². The number of nitrogens with zero attached hydrogens (tertiary/aromatic N) is 3. The monoisotopic (exact) mass is 493 g/mol. The van der Waals surface area contributed by atoms with Crippen molar-refractivity contribution < 1.29 is 17.9 Å². The Labute approximate surface area is 202 Å². The molecule has 0 aliphatic heterocycles. The van der Waals surface area contributed by atoms with Gasteiger partial charge in [-0.25, -0.2) is 13.4 Å². The maximum atomic E-state index is 13.2. The molecule has 0 saturated heterocycles. The number of anilines is 1. The number of rotatable bonds is 8. The largest absolute Gasteiger partial charge is 0.497 e. The number of thiazole rings is 1. The average molecular weight is 494 g/mol. The molecule has 0 N–H and O–H groups in total. The molecule has 0 saturated carbocycles. The second-order valence-electron chi connectivity index (χ2n) is 7.57. The molecule has 1 heterocycles. The van der Waals surface area contributed by atoms with E-state index in [1.807, 2.05) is 37.3 Å². The number of carbonyl (C=O) groups is 1. The number of ether oxygens (including phenoxy) is 1. The van der Waals surface area contributed by atoms with Gasteiger partial charge in [0.25, 0.3) is 5.91 Å². The summed E-state index contributed by atoms with van der Waals surface area (Å²) in [4.78, 5) is 17.9. The fraction of sp³-hybridized carbons (Fsp3) is 0.160. The van der Waals surface area contributed by atoms with Crippen LogP contribution in [-0.4, -0.2) is 38.4 Å². The zero-order valence-electron chi connectivity index (χ0n) is 18.7. The van der Waals surface area contributed by atoms with Gasteiger partial charge >= 0.3 is 0 Å². The number of hydrazone groups is 1. The first-order valence-corrected chi connectivity index (χ1v) is 13.0. The van der Waals surface area contributed by atoms with Crippen LogP contribution in [0.4, 0.5) is 5.13 Å². The Balaban J connectivity index is 1.61. The molecule has 34 heavy (non-hydrogen) atoms. The van der Waals surface area contributed by atoms with E-state index < -0.39 is 15.7 Å². The Bertz CT molecular complexity index is 1430. The van der Waals surface area contributed by atoms with Crippen molar-refractivity contribution in [2.45, 2.75) is 18.2 Å². The molecule has 0 bridgehead atoms. The third-order valence-corrected chi connectivity index (χ3v) is 7.80. The standard InChI is InChI=1S/C25H23N3O4S2/c1-18-8-13-22-23(16-18)33-25(27-22)28(26-17-19-9-11-20(32-2)12-10-19)24(29)14-15-34(30,31)21-6-4-3-5-7-21/h3-13,16-17H,14-15H2,1-2H3/b26-17+. The summed E-state index contributed by atoms with van der Waals surface area (Å²) in [5.74, 6) is -0.0770. The first kappa shape index (κ1) is 23.6. The van der Waals surface area contributed by atoms with Gasteiger partial charge in [-0.05, 0) is 66.6 Å². The molecule has 0 unspecified atom stereocenters. The Kier molecular flexibility index (Phi) is 7.04. The second-order valence-corrected chi connectivity index (χ2v) is 10.7. The van der Waals surface area contributed by atoms with Gasteiger partial charge in [-0.2, -0.15) is 10.1 Å². The number of benzene rings is 3. The molecule has 0 spiro atoms. The summed E-state index contributed by atoms with van der Waals surface area (Å²) in [5, 5.41) is 5.95. The lowest BCUT2D eigenvalue weighted by molar-refractivity contribution is -0.118. The van der Waals surface area contributed by atoms with Crippen molar-refractivity contribution in [3.63, 3.8) is 0 Å². The van der Waals surface area contributed by atoms with Crippen LogP contribution in [0.25, 0.3) is 10.2 Å². The van der Waals surface area contributed by atoms with Crippen molar-refractivity contribution in [3.8, 4) is 5.75 Å². The minimum atomic E-state index is -3.61. The van der Waals surface area contributed by atoms with Gasteiger partial charge in [-0.1, -0.05) is 35.6 Å². The number of fused-ring (bicyclic) bond motifs is 1. The van der Waals surface area contributed by atoms with Crippen LogP contribution >= 0.6 is 11.3 Å². The van der Waals surface area contributed by atoms with E-state index in [-0.39, 0.29) is 17.1 Å². The summed E-state index contributed by atoms with van der Waals surface area (Å²) in [5.41, 5.74) is 2.59. The Morgan fingerprint density at radius 3 is 2.53 bits per heavy atom. The lowest BCUT2D eigenvalue weighted by Gasteiger charge is -2.14. The fourth-order valence-corrected chi connectivity index (χ4v) is 5.51. The molecular formula is C25H23N3O4S2. The van der Waals surface area contributed by atoms with Crippen molar-refractivity contribution in [2.75, 3.05) is 17.9 Å². The highest BCUT2D eigenvalue weighted by Gasteiger charge is 2.23. The van der Waals surface area contributed by atoms with E-state index >= 15 is 0 Å². The zero-order valence-corrected chi connectivity index (χ0v) is 20.3. The summed E-state index contributed by atoms with van der Waals surface area (Å²) < 4.78 is 31.5. The average Bonchev–Trinajstić information content (AvgIpc) is 3.26. The molecular weight excluding hydrogens is 470 g/mol. The lowest BCUT2D eigenvalue weighted by atomic mass is 10.2. The minimum absolute atomic E-state index is 0.187. The van der Waals surface area contributed by atoms with Crippen LogP contribution in [0.3, 0.4) is 0 Å². The maximum absolute atomic E-state index is 13.2. The summed E-state index contributed by atoms with van der Waals surface area (Å²) in [6, 6.07) is 21.1. The van der Waals surface area contributed by atoms with Crippen molar-refractivity contribution in [1.82, 2.24) is 4.98 Å². The molecule has 0 aliphatic rings. The number of hydrogen-bond donors (Lipinski definition) is 0. The highest BCUT2D eigenvalue weighted by Crippen LogP contribution is 2.30. The SMILES string of the molecule is COc1ccc(/C=N/N(C(=O)CCS(=O)(=O)c2ccccc2)c2nc3ccc(C)cc3s2)cc1.